The molecule has 5 heteroatoms. The molecule has 0 aromatic rings. The molecule has 3 aliphatic carbocycles. The number of allylic oxidation sites excluding steroid dienone is 2. The molecule has 3 amide bonds. The summed E-state index contributed by atoms with van der Waals surface area (Å²) in [5, 5.41) is 2.69. The molecule has 5 nitrogen and oxygen atoms in total. The van der Waals surface area contributed by atoms with Crippen LogP contribution in [0.5, 0.6) is 0 Å². The molecule has 1 heterocycles. The van der Waals surface area contributed by atoms with Crippen LogP contribution in [0.1, 0.15) is 26.2 Å². The highest BCUT2D eigenvalue weighted by Crippen LogP contribution is 2.49. The third-order valence-corrected chi connectivity index (χ3v) is 4.79. The molecule has 0 spiro atoms. The number of carbonyl (C=O) groups excluding carboxylic acids is 3. The molecule has 0 radical (unpaired) electrons. The zero-order valence-electron chi connectivity index (χ0n) is 11.7. The van der Waals surface area contributed by atoms with Crippen LogP contribution in [0.4, 0.5) is 0 Å². The lowest BCUT2D eigenvalue weighted by atomic mass is 9.63. The number of carbonyl (C=O) groups is 3. The van der Waals surface area contributed by atoms with E-state index in [9.17, 15) is 14.4 Å². The molecule has 1 saturated carbocycles. The summed E-state index contributed by atoms with van der Waals surface area (Å²) in [6.45, 7) is 2.64. The number of fused-ring (bicyclic) bond motifs is 1. The van der Waals surface area contributed by atoms with Crippen molar-refractivity contribution < 1.29 is 14.4 Å². The Balaban J connectivity index is 1.71. The number of rotatable bonds is 4. The molecule has 1 N–H and O–H groups in total. The predicted molar refractivity (Wildman–Crippen MR) is 72.4 cm³/mol. The van der Waals surface area contributed by atoms with E-state index < -0.39 is 0 Å². The van der Waals surface area contributed by atoms with Crippen molar-refractivity contribution in [2.75, 3.05) is 13.1 Å². The molecule has 1 aliphatic heterocycles. The Bertz CT molecular complexity index is 454. The van der Waals surface area contributed by atoms with Gasteiger partial charge in [-0.25, -0.2) is 0 Å². The van der Waals surface area contributed by atoms with Gasteiger partial charge in [0.15, 0.2) is 0 Å². The van der Waals surface area contributed by atoms with Gasteiger partial charge in [0.05, 0.1) is 11.8 Å². The van der Waals surface area contributed by atoms with E-state index in [1.165, 1.54) is 4.90 Å². The number of hydrogen-bond donors (Lipinski definition) is 1. The second kappa shape index (κ2) is 5.04. The van der Waals surface area contributed by atoms with Gasteiger partial charge in [0.2, 0.25) is 17.7 Å². The van der Waals surface area contributed by atoms with Crippen molar-refractivity contribution in [3.8, 4) is 0 Å². The van der Waals surface area contributed by atoms with Gasteiger partial charge < -0.3 is 5.32 Å². The van der Waals surface area contributed by atoms with Crippen LogP contribution in [-0.2, 0) is 14.4 Å². The number of likely N-dealkylation sites (tertiary alicyclic amines) is 1. The summed E-state index contributed by atoms with van der Waals surface area (Å²) < 4.78 is 0. The van der Waals surface area contributed by atoms with Gasteiger partial charge in [0, 0.05) is 19.5 Å². The molecule has 0 aromatic heterocycles. The summed E-state index contributed by atoms with van der Waals surface area (Å²) in [5.41, 5.74) is 0. The molecule has 2 fully saturated rings. The van der Waals surface area contributed by atoms with E-state index in [4.69, 9.17) is 0 Å². The fourth-order valence-corrected chi connectivity index (χ4v) is 3.86. The Labute approximate surface area is 118 Å². The number of imide groups is 1. The minimum atomic E-state index is -0.166. The van der Waals surface area contributed by atoms with Gasteiger partial charge in [-0.05, 0) is 31.6 Å². The SMILES string of the molecule is CCNC(=O)CCN1C(=O)C2C3C=CC(CC3)C2C1=O. The van der Waals surface area contributed by atoms with Crippen LogP contribution < -0.4 is 5.32 Å². The Hall–Kier alpha value is -1.65. The molecular weight excluding hydrogens is 256 g/mol. The third kappa shape index (κ3) is 1.96. The summed E-state index contributed by atoms with van der Waals surface area (Å²) in [7, 11) is 0. The van der Waals surface area contributed by atoms with E-state index in [0.717, 1.165) is 12.8 Å². The van der Waals surface area contributed by atoms with Crippen LogP contribution in [0.3, 0.4) is 0 Å². The number of nitrogens with one attached hydrogen (secondary N) is 1. The van der Waals surface area contributed by atoms with Crippen LogP contribution in [0.15, 0.2) is 12.2 Å². The van der Waals surface area contributed by atoms with Crippen LogP contribution in [0, 0.1) is 23.7 Å². The maximum Gasteiger partial charge on any atom is 0.233 e. The Morgan fingerprint density at radius 3 is 2.20 bits per heavy atom. The molecule has 4 aliphatic rings. The van der Waals surface area contributed by atoms with E-state index in [0.29, 0.717) is 6.54 Å². The molecule has 4 unspecified atom stereocenters. The maximum atomic E-state index is 12.4. The minimum Gasteiger partial charge on any atom is -0.356 e. The van der Waals surface area contributed by atoms with E-state index in [2.05, 4.69) is 17.5 Å². The fourth-order valence-electron chi connectivity index (χ4n) is 3.86. The maximum absolute atomic E-state index is 12.4. The average Bonchev–Trinajstić information content (AvgIpc) is 2.73. The van der Waals surface area contributed by atoms with Gasteiger partial charge in [0.1, 0.15) is 0 Å². The molecule has 20 heavy (non-hydrogen) atoms. The summed E-state index contributed by atoms with van der Waals surface area (Å²) >= 11 is 0. The van der Waals surface area contributed by atoms with Gasteiger partial charge >= 0.3 is 0 Å². The first-order chi connectivity index (χ1) is 9.63. The summed E-state index contributed by atoms with van der Waals surface area (Å²) in [6, 6.07) is 0. The minimum absolute atomic E-state index is 0.0663. The standard InChI is InChI=1S/C15H20N2O3/c1-2-16-11(18)7-8-17-14(19)12-9-3-4-10(6-5-9)13(12)15(17)20/h3-4,9-10,12-13H,2,5-8H2,1H3,(H,16,18). The number of amides is 3. The first-order valence-corrected chi connectivity index (χ1v) is 7.43. The largest absolute Gasteiger partial charge is 0.356 e. The van der Waals surface area contributed by atoms with Crippen molar-refractivity contribution in [2.24, 2.45) is 23.7 Å². The van der Waals surface area contributed by atoms with E-state index in [1.807, 2.05) is 6.92 Å². The first-order valence-electron chi connectivity index (χ1n) is 7.43. The lowest BCUT2D eigenvalue weighted by molar-refractivity contribution is -0.140. The van der Waals surface area contributed by atoms with Crippen molar-refractivity contribution in [3.05, 3.63) is 12.2 Å². The van der Waals surface area contributed by atoms with Crippen LogP contribution in [0.2, 0.25) is 0 Å². The summed E-state index contributed by atoms with van der Waals surface area (Å²) in [6.07, 6.45) is 6.42. The average molecular weight is 276 g/mol. The molecular formula is C15H20N2O3. The quantitative estimate of drug-likeness (QED) is 0.607. The van der Waals surface area contributed by atoms with Gasteiger partial charge in [-0.1, -0.05) is 12.2 Å². The highest BCUT2D eigenvalue weighted by atomic mass is 16.2. The molecule has 4 atom stereocenters. The van der Waals surface area contributed by atoms with Crippen molar-refractivity contribution in [1.82, 2.24) is 10.2 Å². The van der Waals surface area contributed by atoms with Gasteiger partial charge in [0.25, 0.3) is 0 Å². The first kappa shape index (κ1) is 13.3. The third-order valence-electron chi connectivity index (χ3n) is 4.79. The Morgan fingerprint density at radius 1 is 1.20 bits per heavy atom. The van der Waals surface area contributed by atoms with Crippen LogP contribution >= 0.6 is 0 Å². The van der Waals surface area contributed by atoms with Gasteiger partial charge in [-0.2, -0.15) is 0 Å². The zero-order chi connectivity index (χ0) is 14.3. The Morgan fingerprint density at radius 2 is 1.75 bits per heavy atom. The fraction of sp³-hybridized carbons (Fsp3) is 0.667. The predicted octanol–water partition coefficient (Wildman–Crippen LogP) is 0.710. The van der Waals surface area contributed by atoms with E-state index in [-0.39, 0.29) is 54.4 Å². The molecule has 2 bridgehead atoms. The zero-order valence-corrected chi connectivity index (χ0v) is 11.7. The van der Waals surface area contributed by atoms with Crippen molar-refractivity contribution in [1.29, 1.82) is 0 Å². The lowest BCUT2D eigenvalue weighted by Crippen LogP contribution is -2.38. The van der Waals surface area contributed by atoms with Gasteiger partial charge in [-0.15, -0.1) is 0 Å². The summed E-state index contributed by atoms with van der Waals surface area (Å²) in [4.78, 5) is 37.7. The van der Waals surface area contributed by atoms with E-state index >= 15 is 0 Å². The molecule has 0 aromatic carbocycles. The molecule has 108 valence electrons. The number of nitrogens with zero attached hydrogens (tertiary/aromatic N) is 1. The monoisotopic (exact) mass is 276 g/mol. The van der Waals surface area contributed by atoms with Crippen LogP contribution in [0.25, 0.3) is 0 Å². The lowest BCUT2D eigenvalue weighted by Gasteiger charge is -2.38. The molecule has 1 saturated heterocycles. The second-order valence-corrected chi connectivity index (χ2v) is 5.87. The smallest absolute Gasteiger partial charge is 0.233 e. The van der Waals surface area contributed by atoms with Gasteiger partial charge in [-0.3, -0.25) is 19.3 Å². The van der Waals surface area contributed by atoms with Crippen molar-refractivity contribution in [2.45, 2.75) is 26.2 Å². The normalized spacial score (nSPS) is 34.5. The molecule has 4 rings (SSSR count). The van der Waals surface area contributed by atoms with Crippen molar-refractivity contribution >= 4 is 17.7 Å². The van der Waals surface area contributed by atoms with Crippen molar-refractivity contribution in [3.63, 3.8) is 0 Å². The topological polar surface area (TPSA) is 66.5 Å². The van der Waals surface area contributed by atoms with Crippen LogP contribution in [-0.4, -0.2) is 35.7 Å². The highest BCUT2D eigenvalue weighted by Gasteiger charge is 2.56. The summed E-state index contributed by atoms with van der Waals surface area (Å²) in [5.74, 6) is -0.136. The van der Waals surface area contributed by atoms with E-state index in [1.54, 1.807) is 0 Å². The Kier molecular flexibility index (Phi) is 3.36. The highest BCUT2D eigenvalue weighted by molar-refractivity contribution is 6.06. The second-order valence-electron chi connectivity index (χ2n) is 5.87. The number of hydrogen-bond acceptors (Lipinski definition) is 3.